The molecule has 1 amide bonds. The Morgan fingerprint density at radius 3 is 2.57 bits per heavy atom. The Morgan fingerprint density at radius 2 is 1.84 bits per heavy atom. The van der Waals surface area contributed by atoms with Crippen molar-refractivity contribution in [1.29, 1.82) is 0 Å². The van der Waals surface area contributed by atoms with Crippen molar-refractivity contribution in [3.63, 3.8) is 0 Å². The SMILES string of the molecule is NC(N)=NCCCC(NC(=O)c1sccc1NS(=O)(=O)c1cccc(NCc2csc(N3CCN(Cc4ccncc4)CC3)n2)c1)C(=O)O. The van der Waals surface area contributed by atoms with Gasteiger partial charge >= 0.3 is 5.97 Å². The van der Waals surface area contributed by atoms with Gasteiger partial charge in [0.2, 0.25) is 0 Å². The number of sulfonamides is 1. The number of carboxylic acids is 1. The number of piperazine rings is 1. The van der Waals surface area contributed by atoms with Crippen LogP contribution in [-0.2, 0) is 27.9 Å². The molecule has 4 heterocycles. The summed E-state index contributed by atoms with van der Waals surface area (Å²) in [6.45, 7) is 5.14. The number of pyridine rings is 1. The van der Waals surface area contributed by atoms with Gasteiger partial charge in [0.15, 0.2) is 11.1 Å². The van der Waals surface area contributed by atoms with E-state index in [1.165, 1.54) is 23.8 Å². The van der Waals surface area contributed by atoms with E-state index in [4.69, 9.17) is 16.5 Å². The molecular weight excluding hydrogens is 689 g/mol. The number of hydrogen-bond acceptors (Lipinski definition) is 12. The quantitative estimate of drug-likeness (QED) is 0.0557. The molecule has 0 aliphatic carbocycles. The number of hydrogen-bond donors (Lipinski definition) is 6. The summed E-state index contributed by atoms with van der Waals surface area (Å²) in [6, 6.07) is 10.7. The highest BCUT2D eigenvalue weighted by molar-refractivity contribution is 7.92. The Morgan fingerprint density at radius 1 is 1.06 bits per heavy atom. The molecule has 1 aliphatic rings. The van der Waals surface area contributed by atoms with Crippen LogP contribution in [0.15, 0.2) is 75.5 Å². The van der Waals surface area contributed by atoms with E-state index in [1.807, 2.05) is 29.9 Å². The minimum Gasteiger partial charge on any atom is -0.480 e. The van der Waals surface area contributed by atoms with Crippen LogP contribution in [0.3, 0.4) is 0 Å². The lowest BCUT2D eigenvalue weighted by Crippen LogP contribution is -2.45. The van der Waals surface area contributed by atoms with Gasteiger partial charge in [0.25, 0.3) is 15.9 Å². The first-order valence-corrected chi connectivity index (χ1v) is 18.7. The summed E-state index contributed by atoms with van der Waals surface area (Å²) in [5, 5.41) is 19.8. The molecule has 0 bridgehead atoms. The fraction of sp³-hybridized carbons (Fsp3) is 0.323. The lowest BCUT2D eigenvalue weighted by atomic mass is 10.1. The smallest absolute Gasteiger partial charge is 0.326 e. The monoisotopic (exact) mass is 726 g/mol. The lowest BCUT2D eigenvalue weighted by Gasteiger charge is -2.34. The minimum atomic E-state index is -4.10. The molecule has 260 valence electrons. The number of aliphatic carboxylic acids is 1. The standard InChI is InChI=1S/C31H38N10O5S3/c32-30(33)35-9-2-5-26(29(43)44)38-28(42)27-25(8-16-47-27)39-49(45,46)24-4-1-3-22(17-24)36-18-23-20-48-31(37-23)41-14-12-40(13-15-41)19-21-6-10-34-11-7-21/h1,3-4,6-8,10-11,16-17,20,26,36,39H,2,5,9,12-15,18-19H2,(H,38,42)(H,43,44)(H4,32,33,35). The van der Waals surface area contributed by atoms with E-state index in [0.717, 1.165) is 54.9 Å². The van der Waals surface area contributed by atoms with Crippen molar-refractivity contribution in [1.82, 2.24) is 20.2 Å². The number of carboxylic acid groups (broad SMARTS) is 1. The number of guanidine groups is 1. The molecule has 49 heavy (non-hydrogen) atoms. The molecule has 3 aromatic heterocycles. The average Bonchev–Trinajstić information content (AvgIpc) is 3.76. The number of nitrogens with two attached hydrogens (primary N) is 2. The van der Waals surface area contributed by atoms with Crippen LogP contribution in [0.4, 0.5) is 16.5 Å². The van der Waals surface area contributed by atoms with Crippen molar-refractivity contribution < 1.29 is 23.1 Å². The topological polar surface area (TPSA) is 221 Å². The number of carbonyl (C=O) groups excluding carboxylic acids is 1. The van der Waals surface area contributed by atoms with Gasteiger partial charge in [-0.15, -0.1) is 22.7 Å². The molecule has 0 spiro atoms. The summed E-state index contributed by atoms with van der Waals surface area (Å²) < 4.78 is 29.2. The van der Waals surface area contributed by atoms with Crippen LogP contribution in [0.25, 0.3) is 0 Å². The summed E-state index contributed by atoms with van der Waals surface area (Å²) >= 11 is 2.57. The molecule has 5 rings (SSSR count). The van der Waals surface area contributed by atoms with E-state index in [1.54, 1.807) is 28.8 Å². The molecule has 1 saturated heterocycles. The summed E-state index contributed by atoms with van der Waals surface area (Å²) in [4.78, 5) is 42.1. The number of nitrogens with zero attached hydrogens (tertiary/aromatic N) is 5. The molecule has 1 atom stereocenters. The van der Waals surface area contributed by atoms with E-state index >= 15 is 0 Å². The van der Waals surface area contributed by atoms with E-state index in [-0.39, 0.29) is 34.4 Å². The Hall–Kier alpha value is -4.78. The Labute approximate surface area is 292 Å². The average molecular weight is 727 g/mol. The van der Waals surface area contributed by atoms with Gasteiger partial charge in [-0.1, -0.05) is 6.07 Å². The number of benzene rings is 1. The van der Waals surface area contributed by atoms with Gasteiger partial charge in [-0.2, -0.15) is 0 Å². The van der Waals surface area contributed by atoms with Crippen molar-refractivity contribution in [3.8, 4) is 0 Å². The van der Waals surface area contributed by atoms with Gasteiger partial charge in [0.1, 0.15) is 10.9 Å². The maximum Gasteiger partial charge on any atom is 0.326 e. The second kappa shape index (κ2) is 16.6. The molecule has 1 unspecified atom stereocenters. The third kappa shape index (κ3) is 10.1. The van der Waals surface area contributed by atoms with Crippen molar-refractivity contribution in [2.45, 2.75) is 36.9 Å². The van der Waals surface area contributed by atoms with Crippen LogP contribution >= 0.6 is 22.7 Å². The van der Waals surface area contributed by atoms with Gasteiger partial charge in [-0.3, -0.25) is 24.4 Å². The second-order valence-electron chi connectivity index (χ2n) is 11.2. The van der Waals surface area contributed by atoms with Gasteiger partial charge in [-0.25, -0.2) is 18.2 Å². The zero-order valence-electron chi connectivity index (χ0n) is 26.5. The molecule has 0 saturated carbocycles. The van der Waals surface area contributed by atoms with Gasteiger partial charge < -0.3 is 32.1 Å². The first kappa shape index (κ1) is 35.5. The number of thiazole rings is 1. The van der Waals surface area contributed by atoms with Gasteiger partial charge in [-0.05, 0) is 60.2 Å². The third-order valence-electron chi connectivity index (χ3n) is 7.62. The van der Waals surface area contributed by atoms with E-state index in [0.29, 0.717) is 18.7 Å². The summed E-state index contributed by atoms with van der Waals surface area (Å²) in [5.74, 6) is -2.06. The Kier molecular flexibility index (Phi) is 12.0. The number of amides is 1. The first-order valence-electron chi connectivity index (χ1n) is 15.4. The fourth-order valence-electron chi connectivity index (χ4n) is 5.09. The van der Waals surface area contributed by atoms with Crippen molar-refractivity contribution >= 4 is 67.0 Å². The van der Waals surface area contributed by atoms with Crippen LogP contribution in [0.5, 0.6) is 0 Å². The number of rotatable bonds is 16. The summed E-state index contributed by atoms with van der Waals surface area (Å²) in [5.41, 5.74) is 13.3. The number of thiophene rings is 1. The Bertz CT molecular complexity index is 1850. The summed E-state index contributed by atoms with van der Waals surface area (Å²) in [6.07, 6.45) is 4.03. The summed E-state index contributed by atoms with van der Waals surface area (Å²) in [7, 11) is -4.10. The van der Waals surface area contributed by atoms with E-state index in [9.17, 15) is 23.1 Å². The highest BCUT2D eigenvalue weighted by Gasteiger charge is 2.25. The first-order chi connectivity index (χ1) is 23.6. The van der Waals surface area contributed by atoms with Crippen molar-refractivity contribution in [2.24, 2.45) is 16.5 Å². The van der Waals surface area contributed by atoms with Crippen molar-refractivity contribution in [3.05, 3.63) is 81.8 Å². The van der Waals surface area contributed by atoms with Crippen LogP contribution in [0.1, 0.15) is 33.8 Å². The molecular formula is C31H38N10O5S3. The zero-order chi connectivity index (χ0) is 34.8. The number of carbonyl (C=O) groups is 2. The van der Waals surface area contributed by atoms with Gasteiger partial charge in [0.05, 0.1) is 22.8 Å². The number of aromatic nitrogens is 2. The maximum atomic E-state index is 13.3. The van der Waals surface area contributed by atoms with Crippen LogP contribution < -0.4 is 31.7 Å². The third-order valence-corrected chi connectivity index (χ3v) is 10.8. The van der Waals surface area contributed by atoms with Crippen LogP contribution in [-0.4, -0.2) is 85.0 Å². The van der Waals surface area contributed by atoms with Crippen LogP contribution in [0.2, 0.25) is 0 Å². The molecule has 15 nitrogen and oxygen atoms in total. The van der Waals surface area contributed by atoms with Crippen molar-refractivity contribution in [2.75, 3.05) is 47.7 Å². The molecule has 1 aliphatic heterocycles. The normalized spacial score (nSPS) is 14.2. The van der Waals surface area contributed by atoms with E-state index in [2.05, 4.69) is 35.1 Å². The maximum absolute atomic E-state index is 13.3. The largest absolute Gasteiger partial charge is 0.480 e. The predicted molar refractivity (Wildman–Crippen MR) is 192 cm³/mol. The Balaban J connectivity index is 1.14. The number of anilines is 3. The number of nitrogens with one attached hydrogen (secondary N) is 3. The molecule has 0 radical (unpaired) electrons. The zero-order valence-corrected chi connectivity index (χ0v) is 28.9. The second-order valence-corrected chi connectivity index (χ2v) is 14.6. The fourth-order valence-corrected chi connectivity index (χ4v) is 7.90. The van der Waals surface area contributed by atoms with Gasteiger partial charge in [0, 0.05) is 62.7 Å². The molecule has 4 aromatic rings. The highest BCUT2D eigenvalue weighted by Crippen LogP contribution is 2.27. The lowest BCUT2D eigenvalue weighted by molar-refractivity contribution is -0.139. The predicted octanol–water partition coefficient (Wildman–Crippen LogP) is 2.57. The molecule has 18 heteroatoms. The molecule has 1 aromatic carbocycles. The molecule has 8 N–H and O–H groups in total. The molecule has 1 fully saturated rings. The minimum absolute atomic E-state index is 0.0122. The highest BCUT2D eigenvalue weighted by atomic mass is 32.2. The van der Waals surface area contributed by atoms with Crippen LogP contribution in [0, 0.1) is 0 Å². The van der Waals surface area contributed by atoms with E-state index < -0.39 is 27.9 Å². The number of aliphatic imine (C=N–C) groups is 1.